The Labute approximate surface area is 144 Å². The number of carbonyl (C=O) groups excluding carboxylic acids is 2. The van der Waals surface area contributed by atoms with E-state index in [0.29, 0.717) is 41.7 Å². The zero-order valence-corrected chi connectivity index (χ0v) is 13.7. The highest BCUT2D eigenvalue weighted by atomic mass is 16.5. The number of amides is 2. The molecular weight excluding hydrogens is 324 g/mol. The van der Waals surface area contributed by atoms with Crippen LogP contribution in [0.2, 0.25) is 0 Å². The van der Waals surface area contributed by atoms with Gasteiger partial charge in [0.2, 0.25) is 0 Å². The number of rotatable bonds is 5. The number of hydrogen-bond donors (Lipinski definition) is 2. The van der Waals surface area contributed by atoms with Gasteiger partial charge >= 0.3 is 0 Å². The summed E-state index contributed by atoms with van der Waals surface area (Å²) in [5.41, 5.74) is 0.883. The van der Waals surface area contributed by atoms with Crippen molar-refractivity contribution in [2.45, 2.75) is 0 Å². The van der Waals surface area contributed by atoms with Gasteiger partial charge in [0, 0.05) is 5.69 Å². The van der Waals surface area contributed by atoms with Gasteiger partial charge in [0.05, 0.1) is 19.2 Å². The summed E-state index contributed by atoms with van der Waals surface area (Å²) in [6.45, 7) is 0.680. The maximum absolute atomic E-state index is 12.1. The Morgan fingerprint density at radius 2 is 2.04 bits per heavy atom. The van der Waals surface area contributed by atoms with Gasteiger partial charge in [0.25, 0.3) is 11.8 Å². The lowest BCUT2D eigenvalue weighted by Crippen LogP contribution is -2.24. The highest BCUT2D eigenvalue weighted by Crippen LogP contribution is 2.26. The summed E-state index contributed by atoms with van der Waals surface area (Å²) >= 11 is 0. The van der Waals surface area contributed by atoms with Gasteiger partial charge in [0.15, 0.2) is 18.1 Å². The van der Waals surface area contributed by atoms with Gasteiger partial charge < -0.3 is 24.8 Å². The summed E-state index contributed by atoms with van der Waals surface area (Å²) in [5, 5.41) is 5.43. The molecule has 0 atom stereocenters. The number of benzene rings is 2. The van der Waals surface area contributed by atoms with Crippen LogP contribution in [0.25, 0.3) is 0 Å². The predicted molar refractivity (Wildman–Crippen MR) is 91.4 cm³/mol. The molecule has 2 amide bonds. The van der Waals surface area contributed by atoms with E-state index in [1.54, 1.807) is 36.4 Å². The van der Waals surface area contributed by atoms with Crippen molar-refractivity contribution >= 4 is 17.5 Å². The third kappa shape index (κ3) is 4.00. The molecule has 0 radical (unpaired) electrons. The van der Waals surface area contributed by atoms with Crippen LogP contribution < -0.4 is 24.8 Å². The number of nitrogens with one attached hydrogen (secondary N) is 2. The van der Waals surface area contributed by atoms with Crippen molar-refractivity contribution in [2.75, 3.05) is 32.2 Å². The highest BCUT2D eigenvalue weighted by Gasteiger charge is 2.17. The molecule has 7 heteroatoms. The summed E-state index contributed by atoms with van der Waals surface area (Å²) in [6.07, 6.45) is 0. The number of carbonyl (C=O) groups is 2. The number of para-hydroxylation sites is 2. The van der Waals surface area contributed by atoms with Crippen molar-refractivity contribution < 1.29 is 23.8 Å². The molecule has 7 nitrogen and oxygen atoms in total. The minimum absolute atomic E-state index is 0.180. The Balaban J connectivity index is 1.64. The first kappa shape index (κ1) is 16.6. The second kappa shape index (κ2) is 7.57. The van der Waals surface area contributed by atoms with Crippen LogP contribution in [-0.4, -0.2) is 38.7 Å². The van der Waals surface area contributed by atoms with Gasteiger partial charge in [-0.05, 0) is 30.3 Å². The Kier molecular flexibility index (Phi) is 5.03. The number of ether oxygens (including phenoxy) is 3. The molecule has 0 aliphatic carbocycles. The molecule has 0 saturated heterocycles. The Hall–Kier alpha value is -3.22. The summed E-state index contributed by atoms with van der Waals surface area (Å²) in [6, 6.07) is 12.0. The second-order valence-corrected chi connectivity index (χ2v) is 5.30. The van der Waals surface area contributed by atoms with Crippen molar-refractivity contribution in [1.29, 1.82) is 0 Å². The van der Waals surface area contributed by atoms with Crippen LogP contribution in [-0.2, 0) is 4.79 Å². The fourth-order valence-corrected chi connectivity index (χ4v) is 2.41. The van der Waals surface area contributed by atoms with Gasteiger partial charge in [-0.15, -0.1) is 0 Å². The molecule has 0 saturated carbocycles. The first-order chi connectivity index (χ1) is 12.2. The summed E-state index contributed by atoms with van der Waals surface area (Å²) in [7, 11) is 1.53. The van der Waals surface area contributed by atoms with Gasteiger partial charge in [-0.3, -0.25) is 9.59 Å². The Morgan fingerprint density at radius 1 is 1.24 bits per heavy atom. The lowest BCUT2D eigenvalue weighted by molar-refractivity contribution is -0.118. The molecule has 2 aromatic carbocycles. The summed E-state index contributed by atoms with van der Waals surface area (Å²) < 4.78 is 16.1. The van der Waals surface area contributed by atoms with E-state index >= 15 is 0 Å². The molecule has 130 valence electrons. The van der Waals surface area contributed by atoms with E-state index in [9.17, 15) is 9.59 Å². The maximum Gasteiger partial charge on any atom is 0.262 e. The van der Waals surface area contributed by atoms with Gasteiger partial charge in [-0.2, -0.15) is 0 Å². The number of methoxy groups -OCH3 is 1. The molecule has 1 aliphatic heterocycles. The van der Waals surface area contributed by atoms with Crippen LogP contribution in [0.1, 0.15) is 10.4 Å². The molecule has 0 aromatic heterocycles. The predicted octanol–water partition coefficient (Wildman–Crippen LogP) is 1.83. The van der Waals surface area contributed by atoms with E-state index in [0.717, 1.165) is 0 Å². The van der Waals surface area contributed by atoms with Crippen LogP contribution in [0.5, 0.6) is 17.2 Å². The summed E-state index contributed by atoms with van der Waals surface area (Å²) in [4.78, 5) is 24.1. The van der Waals surface area contributed by atoms with E-state index < -0.39 is 0 Å². The average Bonchev–Trinajstić information content (AvgIpc) is 2.82. The standard InChI is InChI=1S/C18H18N2O5/c1-23-15-4-2-3-5-16(15)25-11-17(21)20-12-6-7-14-13(10-12)18(22)19-8-9-24-14/h2-7,10H,8-9,11H2,1H3,(H,19,22)(H,20,21). The number of hydrogen-bond acceptors (Lipinski definition) is 5. The van der Waals surface area contributed by atoms with Crippen LogP contribution >= 0.6 is 0 Å². The molecule has 2 aromatic rings. The number of anilines is 1. The smallest absolute Gasteiger partial charge is 0.262 e. The van der Waals surface area contributed by atoms with E-state index in [4.69, 9.17) is 14.2 Å². The molecule has 0 spiro atoms. The molecule has 0 fully saturated rings. The summed E-state index contributed by atoms with van der Waals surface area (Å²) in [5.74, 6) is 0.956. The fourth-order valence-electron chi connectivity index (χ4n) is 2.41. The average molecular weight is 342 g/mol. The van der Waals surface area contributed by atoms with Crippen LogP contribution in [0.15, 0.2) is 42.5 Å². The molecule has 1 aliphatic rings. The van der Waals surface area contributed by atoms with Crippen molar-refractivity contribution in [1.82, 2.24) is 5.32 Å². The van der Waals surface area contributed by atoms with Gasteiger partial charge in [-0.25, -0.2) is 0 Å². The van der Waals surface area contributed by atoms with E-state index in [2.05, 4.69) is 10.6 Å². The zero-order valence-electron chi connectivity index (χ0n) is 13.7. The Bertz CT molecular complexity index is 791. The minimum Gasteiger partial charge on any atom is -0.493 e. The minimum atomic E-state index is -0.346. The Morgan fingerprint density at radius 3 is 2.84 bits per heavy atom. The number of fused-ring (bicyclic) bond motifs is 1. The maximum atomic E-state index is 12.1. The topological polar surface area (TPSA) is 85.9 Å². The first-order valence-corrected chi connectivity index (χ1v) is 7.78. The lowest BCUT2D eigenvalue weighted by atomic mass is 10.1. The molecule has 2 N–H and O–H groups in total. The van der Waals surface area contributed by atoms with Gasteiger partial charge in [-0.1, -0.05) is 12.1 Å². The third-order valence-corrected chi connectivity index (χ3v) is 3.58. The molecule has 25 heavy (non-hydrogen) atoms. The molecule has 1 heterocycles. The molecule has 0 bridgehead atoms. The SMILES string of the molecule is COc1ccccc1OCC(=O)Nc1ccc2c(c1)C(=O)NCCO2. The fraction of sp³-hybridized carbons (Fsp3) is 0.222. The second-order valence-electron chi connectivity index (χ2n) is 5.30. The van der Waals surface area contributed by atoms with Crippen LogP contribution in [0.3, 0.4) is 0 Å². The van der Waals surface area contributed by atoms with E-state index in [-0.39, 0.29) is 18.4 Å². The molecular formula is C18H18N2O5. The van der Waals surface area contributed by atoms with Crippen molar-refractivity contribution in [3.63, 3.8) is 0 Å². The van der Waals surface area contributed by atoms with E-state index in [1.807, 2.05) is 6.07 Å². The molecule has 3 rings (SSSR count). The van der Waals surface area contributed by atoms with Crippen molar-refractivity contribution in [3.05, 3.63) is 48.0 Å². The normalized spacial score (nSPS) is 12.9. The highest BCUT2D eigenvalue weighted by molar-refractivity contribution is 6.00. The van der Waals surface area contributed by atoms with E-state index in [1.165, 1.54) is 7.11 Å². The van der Waals surface area contributed by atoms with Crippen LogP contribution in [0.4, 0.5) is 5.69 Å². The quantitative estimate of drug-likeness (QED) is 0.866. The zero-order chi connectivity index (χ0) is 17.6. The largest absolute Gasteiger partial charge is 0.493 e. The van der Waals surface area contributed by atoms with Crippen molar-refractivity contribution in [3.8, 4) is 17.2 Å². The van der Waals surface area contributed by atoms with Crippen molar-refractivity contribution in [2.24, 2.45) is 0 Å². The van der Waals surface area contributed by atoms with Crippen LogP contribution in [0, 0.1) is 0 Å². The lowest BCUT2D eigenvalue weighted by Gasteiger charge is -2.11. The van der Waals surface area contributed by atoms with Gasteiger partial charge in [0.1, 0.15) is 12.4 Å². The molecule has 0 unspecified atom stereocenters. The third-order valence-electron chi connectivity index (χ3n) is 3.58. The first-order valence-electron chi connectivity index (χ1n) is 7.78. The monoisotopic (exact) mass is 342 g/mol.